The molecular weight excluding hydrogens is 292 g/mol. The van der Waals surface area contributed by atoms with E-state index in [0.29, 0.717) is 6.54 Å². The van der Waals surface area contributed by atoms with Crippen LogP contribution in [0.15, 0.2) is 42.0 Å². The molecule has 1 aliphatic heterocycles. The molecule has 0 bridgehead atoms. The molecule has 0 saturated heterocycles. The molecule has 1 aromatic heterocycles. The summed E-state index contributed by atoms with van der Waals surface area (Å²) in [5.74, 6) is -0.0173. The Labute approximate surface area is 135 Å². The maximum atomic E-state index is 12.1. The Bertz CT molecular complexity index is 692. The number of carbonyl (C=O) groups excluding carboxylic acids is 1. The van der Waals surface area contributed by atoms with Crippen LogP contribution in [0.1, 0.15) is 31.9 Å². The number of amides is 1. The molecule has 0 aliphatic carbocycles. The van der Waals surface area contributed by atoms with E-state index in [-0.39, 0.29) is 11.9 Å². The predicted octanol–water partition coefficient (Wildman–Crippen LogP) is 1.53. The quantitative estimate of drug-likeness (QED) is 0.908. The van der Waals surface area contributed by atoms with Crippen LogP contribution in [-0.4, -0.2) is 44.5 Å². The van der Waals surface area contributed by atoms with Crippen LogP contribution in [-0.2, 0) is 4.79 Å². The third kappa shape index (κ3) is 3.74. The highest BCUT2D eigenvalue weighted by atomic mass is 16.2. The molecule has 0 fully saturated rings. The fourth-order valence-corrected chi connectivity index (χ4v) is 2.54. The van der Waals surface area contributed by atoms with Crippen molar-refractivity contribution in [2.24, 2.45) is 5.10 Å². The first kappa shape index (κ1) is 15.2. The molecule has 7 nitrogen and oxygen atoms in total. The van der Waals surface area contributed by atoms with Gasteiger partial charge in [0.15, 0.2) is 0 Å². The molecule has 2 aromatic rings. The number of nitrogens with zero attached hydrogens (tertiary/aromatic N) is 5. The van der Waals surface area contributed by atoms with Gasteiger partial charge >= 0.3 is 0 Å². The normalized spacial score (nSPS) is 15.4. The van der Waals surface area contributed by atoms with Gasteiger partial charge in [-0.15, -0.1) is 0 Å². The lowest BCUT2D eigenvalue weighted by Crippen LogP contribution is -2.35. The summed E-state index contributed by atoms with van der Waals surface area (Å²) in [5, 5.41) is 13.2. The average molecular weight is 312 g/mol. The van der Waals surface area contributed by atoms with Crippen molar-refractivity contribution in [2.45, 2.75) is 26.3 Å². The smallest absolute Gasteiger partial charge is 0.241 e. The van der Waals surface area contributed by atoms with Crippen molar-refractivity contribution >= 4 is 11.6 Å². The second-order valence-corrected chi connectivity index (χ2v) is 5.69. The number of hydrazone groups is 1. The molecule has 1 amide bonds. The van der Waals surface area contributed by atoms with E-state index in [1.807, 2.05) is 43.1 Å². The molecule has 1 atom stereocenters. The van der Waals surface area contributed by atoms with E-state index in [2.05, 4.69) is 20.5 Å². The van der Waals surface area contributed by atoms with Crippen LogP contribution in [0.4, 0.5) is 0 Å². The first-order chi connectivity index (χ1) is 11.1. The molecule has 1 aliphatic rings. The van der Waals surface area contributed by atoms with Crippen molar-refractivity contribution in [1.29, 1.82) is 0 Å². The molecular formula is C16H20N6O. The number of hydrogen-bond acceptors (Lipinski definition) is 5. The SMILES string of the molecule is CC1=NN(CC(=O)N[C@@H](C)c2ccc(-n3cncn3)cc2)CC1. The first-order valence-corrected chi connectivity index (χ1v) is 7.65. The van der Waals surface area contributed by atoms with Gasteiger partial charge in [0.05, 0.1) is 11.7 Å². The maximum absolute atomic E-state index is 12.1. The van der Waals surface area contributed by atoms with Crippen molar-refractivity contribution in [2.75, 3.05) is 13.1 Å². The maximum Gasteiger partial charge on any atom is 0.241 e. The number of nitrogens with one attached hydrogen (secondary N) is 1. The third-order valence-electron chi connectivity index (χ3n) is 3.82. The molecule has 0 radical (unpaired) electrons. The van der Waals surface area contributed by atoms with Crippen LogP contribution in [0.2, 0.25) is 0 Å². The monoisotopic (exact) mass is 312 g/mol. The summed E-state index contributed by atoms with van der Waals surface area (Å²) in [5.41, 5.74) is 3.06. The summed E-state index contributed by atoms with van der Waals surface area (Å²) in [6.45, 7) is 5.08. The van der Waals surface area contributed by atoms with Crippen LogP contribution in [0.5, 0.6) is 0 Å². The number of rotatable bonds is 5. The highest BCUT2D eigenvalue weighted by molar-refractivity contribution is 5.84. The Hall–Kier alpha value is -2.70. The van der Waals surface area contributed by atoms with E-state index >= 15 is 0 Å². The lowest BCUT2D eigenvalue weighted by Gasteiger charge is -2.18. The highest BCUT2D eigenvalue weighted by Gasteiger charge is 2.16. The van der Waals surface area contributed by atoms with Crippen LogP contribution in [0.25, 0.3) is 5.69 Å². The Morgan fingerprint density at radius 1 is 1.35 bits per heavy atom. The average Bonchev–Trinajstić information content (AvgIpc) is 3.19. The van der Waals surface area contributed by atoms with Gasteiger partial charge in [-0.25, -0.2) is 9.67 Å². The minimum absolute atomic E-state index is 0.0173. The van der Waals surface area contributed by atoms with E-state index in [9.17, 15) is 4.79 Å². The van der Waals surface area contributed by atoms with Gasteiger partial charge in [-0.1, -0.05) is 12.1 Å². The predicted molar refractivity (Wildman–Crippen MR) is 87.2 cm³/mol. The lowest BCUT2D eigenvalue weighted by molar-refractivity contribution is -0.122. The van der Waals surface area contributed by atoms with Gasteiger partial charge in [0.2, 0.25) is 5.91 Å². The second kappa shape index (κ2) is 6.60. The van der Waals surface area contributed by atoms with E-state index in [1.54, 1.807) is 11.0 Å². The van der Waals surface area contributed by atoms with Gasteiger partial charge in [-0.2, -0.15) is 10.2 Å². The minimum Gasteiger partial charge on any atom is -0.348 e. The summed E-state index contributed by atoms with van der Waals surface area (Å²) in [7, 11) is 0. The van der Waals surface area contributed by atoms with Crippen LogP contribution >= 0.6 is 0 Å². The Balaban J connectivity index is 1.57. The van der Waals surface area contributed by atoms with Crippen molar-refractivity contribution in [3.63, 3.8) is 0 Å². The Morgan fingerprint density at radius 2 is 2.13 bits per heavy atom. The third-order valence-corrected chi connectivity index (χ3v) is 3.82. The number of benzene rings is 1. The van der Waals surface area contributed by atoms with Gasteiger partial charge in [0.25, 0.3) is 0 Å². The van der Waals surface area contributed by atoms with Gasteiger partial charge in [-0.3, -0.25) is 9.80 Å². The Kier molecular flexibility index (Phi) is 4.36. The van der Waals surface area contributed by atoms with E-state index in [0.717, 1.165) is 29.9 Å². The molecule has 7 heteroatoms. The summed E-state index contributed by atoms with van der Waals surface area (Å²) >= 11 is 0. The second-order valence-electron chi connectivity index (χ2n) is 5.69. The minimum atomic E-state index is -0.0556. The molecule has 1 aromatic carbocycles. The molecule has 120 valence electrons. The summed E-state index contributed by atoms with van der Waals surface area (Å²) in [6.07, 6.45) is 4.09. The standard InChI is InChI=1S/C16H20N6O/c1-12-7-8-21(20-12)9-16(23)19-13(2)14-3-5-15(6-4-14)22-11-17-10-18-22/h3-6,10-11,13H,7-9H2,1-2H3,(H,19,23)/t13-/m0/s1. The number of hydrogen-bond donors (Lipinski definition) is 1. The summed E-state index contributed by atoms with van der Waals surface area (Å²) in [4.78, 5) is 16.0. The largest absolute Gasteiger partial charge is 0.348 e. The fraction of sp³-hybridized carbons (Fsp3) is 0.375. The molecule has 0 spiro atoms. The van der Waals surface area contributed by atoms with Crippen molar-refractivity contribution in [3.05, 3.63) is 42.5 Å². The molecule has 3 rings (SSSR count). The zero-order valence-electron chi connectivity index (χ0n) is 13.3. The molecule has 0 unspecified atom stereocenters. The molecule has 23 heavy (non-hydrogen) atoms. The number of carbonyl (C=O) groups is 1. The van der Waals surface area contributed by atoms with E-state index in [4.69, 9.17) is 0 Å². The van der Waals surface area contributed by atoms with Crippen LogP contribution < -0.4 is 5.32 Å². The Morgan fingerprint density at radius 3 is 2.74 bits per heavy atom. The van der Waals surface area contributed by atoms with Gasteiger partial charge in [0.1, 0.15) is 19.2 Å². The molecule has 1 N–H and O–H groups in total. The fourth-order valence-electron chi connectivity index (χ4n) is 2.54. The molecule has 0 saturated carbocycles. The topological polar surface area (TPSA) is 75.4 Å². The molecule has 2 heterocycles. The van der Waals surface area contributed by atoms with E-state index in [1.165, 1.54) is 6.33 Å². The zero-order valence-corrected chi connectivity index (χ0v) is 13.3. The van der Waals surface area contributed by atoms with Gasteiger partial charge < -0.3 is 5.32 Å². The summed E-state index contributed by atoms with van der Waals surface area (Å²) in [6, 6.07) is 7.84. The van der Waals surface area contributed by atoms with Gasteiger partial charge in [0, 0.05) is 18.7 Å². The lowest BCUT2D eigenvalue weighted by atomic mass is 10.1. The van der Waals surface area contributed by atoms with Gasteiger partial charge in [-0.05, 0) is 31.5 Å². The first-order valence-electron chi connectivity index (χ1n) is 7.65. The number of aromatic nitrogens is 3. The van der Waals surface area contributed by atoms with Crippen molar-refractivity contribution in [3.8, 4) is 5.69 Å². The van der Waals surface area contributed by atoms with Crippen molar-refractivity contribution in [1.82, 2.24) is 25.1 Å². The highest BCUT2D eigenvalue weighted by Crippen LogP contribution is 2.15. The van der Waals surface area contributed by atoms with Crippen LogP contribution in [0.3, 0.4) is 0 Å². The van der Waals surface area contributed by atoms with Crippen LogP contribution in [0, 0.1) is 0 Å². The summed E-state index contributed by atoms with van der Waals surface area (Å²) < 4.78 is 1.70. The van der Waals surface area contributed by atoms with E-state index < -0.39 is 0 Å². The van der Waals surface area contributed by atoms with Crippen molar-refractivity contribution < 1.29 is 4.79 Å². The zero-order chi connectivity index (χ0) is 16.2.